The average Bonchev–Trinajstić information content (AvgIpc) is 2.60. The number of aliphatic hydroxyl groups excluding tert-OH is 2. The van der Waals surface area contributed by atoms with Crippen LogP contribution >= 0.6 is 0 Å². The van der Waals surface area contributed by atoms with Crippen LogP contribution in [-0.4, -0.2) is 28.8 Å². The van der Waals surface area contributed by atoms with Crippen LogP contribution in [0.4, 0.5) is 0 Å². The molecule has 0 aliphatic heterocycles. The Kier molecular flexibility index (Phi) is 6.78. The SMILES string of the molecule is CC(=O)NCCC(O)C(O)c1ccc(OCc2ccccc2)cc1. The molecule has 0 saturated carbocycles. The van der Waals surface area contributed by atoms with Crippen molar-refractivity contribution in [3.63, 3.8) is 0 Å². The summed E-state index contributed by atoms with van der Waals surface area (Å²) in [5, 5.41) is 22.7. The minimum Gasteiger partial charge on any atom is -0.489 e. The third-order valence-electron chi connectivity index (χ3n) is 3.65. The smallest absolute Gasteiger partial charge is 0.216 e. The Bertz CT molecular complexity index is 628. The molecule has 3 N–H and O–H groups in total. The van der Waals surface area contributed by atoms with Crippen molar-refractivity contribution >= 4 is 5.91 Å². The largest absolute Gasteiger partial charge is 0.489 e. The number of nitrogens with one attached hydrogen (secondary N) is 1. The topological polar surface area (TPSA) is 78.8 Å². The van der Waals surface area contributed by atoms with Crippen molar-refractivity contribution in [2.75, 3.05) is 6.54 Å². The Morgan fingerprint density at radius 1 is 1.08 bits per heavy atom. The zero-order valence-electron chi connectivity index (χ0n) is 13.7. The minimum atomic E-state index is -0.998. The number of carbonyl (C=O) groups is 1. The summed E-state index contributed by atoms with van der Waals surface area (Å²) in [6.07, 6.45) is -1.65. The van der Waals surface area contributed by atoms with Gasteiger partial charge < -0.3 is 20.3 Å². The number of aliphatic hydroxyl groups is 2. The standard InChI is InChI=1S/C19H23NO4/c1-14(21)20-12-11-18(22)19(23)16-7-9-17(10-8-16)24-13-15-5-3-2-4-6-15/h2-10,18-19,22-23H,11-13H2,1H3,(H,20,21). The number of hydrogen-bond donors (Lipinski definition) is 3. The molecular weight excluding hydrogens is 306 g/mol. The number of amides is 1. The first-order valence-corrected chi connectivity index (χ1v) is 7.93. The molecule has 0 aromatic heterocycles. The maximum atomic E-state index is 10.8. The molecule has 0 aliphatic rings. The average molecular weight is 329 g/mol. The van der Waals surface area contributed by atoms with Crippen molar-refractivity contribution in [3.05, 3.63) is 65.7 Å². The van der Waals surface area contributed by atoms with Crippen molar-refractivity contribution in [1.82, 2.24) is 5.32 Å². The van der Waals surface area contributed by atoms with Crippen LogP contribution in [-0.2, 0) is 11.4 Å². The molecule has 2 rings (SSSR count). The van der Waals surface area contributed by atoms with Crippen LogP contribution in [0.5, 0.6) is 5.75 Å². The normalized spacial score (nSPS) is 13.1. The van der Waals surface area contributed by atoms with E-state index in [0.29, 0.717) is 24.5 Å². The van der Waals surface area contributed by atoms with Gasteiger partial charge in [-0.05, 0) is 29.7 Å². The van der Waals surface area contributed by atoms with Crippen LogP contribution in [0.15, 0.2) is 54.6 Å². The molecule has 0 bridgehead atoms. The van der Waals surface area contributed by atoms with Crippen LogP contribution in [0.25, 0.3) is 0 Å². The molecule has 0 fully saturated rings. The predicted octanol–water partition coefficient (Wildman–Crippen LogP) is 2.19. The minimum absolute atomic E-state index is 0.156. The molecule has 0 saturated heterocycles. The van der Waals surface area contributed by atoms with Gasteiger partial charge in [0.15, 0.2) is 0 Å². The Morgan fingerprint density at radius 2 is 1.75 bits per heavy atom. The first-order chi connectivity index (χ1) is 11.6. The monoisotopic (exact) mass is 329 g/mol. The Labute approximate surface area is 141 Å². The predicted molar refractivity (Wildman–Crippen MR) is 91.5 cm³/mol. The molecule has 128 valence electrons. The van der Waals surface area contributed by atoms with Gasteiger partial charge in [-0.1, -0.05) is 42.5 Å². The third-order valence-corrected chi connectivity index (χ3v) is 3.65. The Hall–Kier alpha value is -2.37. The highest BCUT2D eigenvalue weighted by molar-refractivity contribution is 5.72. The van der Waals surface area contributed by atoms with E-state index in [4.69, 9.17) is 4.74 Å². The van der Waals surface area contributed by atoms with Crippen molar-refractivity contribution in [2.45, 2.75) is 32.2 Å². The maximum absolute atomic E-state index is 10.8. The lowest BCUT2D eigenvalue weighted by Gasteiger charge is -2.18. The second kappa shape index (κ2) is 9.05. The number of carbonyl (C=O) groups excluding carboxylic acids is 1. The molecule has 2 unspecified atom stereocenters. The van der Waals surface area contributed by atoms with E-state index in [-0.39, 0.29) is 12.3 Å². The number of ether oxygens (including phenoxy) is 1. The van der Waals surface area contributed by atoms with Gasteiger partial charge in [0.2, 0.25) is 5.91 Å². The molecular formula is C19H23NO4. The molecule has 1 amide bonds. The van der Waals surface area contributed by atoms with Crippen LogP contribution in [0.2, 0.25) is 0 Å². The quantitative estimate of drug-likeness (QED) is 0.694. The second-order valence-electron chi connectivity index (χ2n) is 5.63. The first-order valence-electron chi connectivity index (χ1n) is 7.93. The van der Waals surface area contributed by atoms with Gasteiger partial charge in [0, 0.05) is 13.5 Å². The second-order valence-corrected chi connectivity index (χ2v) is 5.63. The van der Waals surface area contributed by atoms with Crippen LogP contribution in [0, 0.1) is 0 Å². The van der Waals surface area contributed by atoms with Gasteiger partial charge in [0.25, 0.3) is 0 Å². The highest BCUT2D eigenvalue weighted by Gasteiger charge is 2.18. The molecule has 0 spiro atoms. The lowest BCUT2D eigenvalue weighted by molar-refractivity contribution is -0.119. The summed E-state index contributed by atoms with van der Waals surface area (Å²) >= 11 is 0. The van der Waals surface area contributed by atoms with Crippen molar-refractivity contribution < 1.29 is 19.7 Å². The third kappa shape index (κ3) is 5.68. The zero-order chi connectivity index (χ0) is 17.4. The van der Waals surface area contributed by atoms with Crippen molar-refractivity contribution in [3.8, 4) is 5.75 Å². The summed E-state index contributed by atoms with van der Waals surface area (Å²) in [7, 11) is 0. The van der Waals surface area contributed by atoms with Crippen LogP contribution in [0.1, 0.15) is 30.6 Å². The molecule has 0 aliphatic carbocycles. The van der Waals surface area contributed by atoms with Crippen molar-refractivity contribution in [2.24, 2.45) is 0 Å². The number of benzene rings is 2. The summed E-state index contributed by atoms with van der Waals surface area (Å²) in [5.74, 6) is 0.541. The summed E-state index contributed by atoms with van der Waals surface area (Å²) < 4.78 is 5.69. The van der Waals surface area contributed by atoms with Gasteiger partial charge in [0.1, 0.15) is 18.5 Å². The maximum Gasteiger partial charge on any atom is 0.216 e. The lowest BCUT2D eigenvalue weighted by atomic mass is 10.0. The summed E-state index contributed by atoms with van der Waals surface area (Å²) in [4.78, 5) is 10.8. The van der Waals surface area contributed by atoms with Crippen LogP contribution in [0.3, 0.4) is 0 Å². The van der Waals surface area contributed by atoms with E-state index in [1.807, 2.05) is 30.3 Å². The zero-order valence-corrected chi connectivity index (χ0v) is 13.7. The highest BCUT2D eigenvalue weighted by atomic mass is 16.5. The molecule has 5 heteroatoms. The van der Waals surface area contributed by atoms with Gasteiger partial charge >= 0.3 is 0 Å². The van der Waals surface area contributed by atoms with Crippen LogP contribution < -0.4 is 10.1 Å². The highest BCUT2D eigenvalue weighted by Crippen LogP contribution is 2.22. The molecule has 2 aromatic carbocycles. The number of rotatable bonds is 8. The van der Waals surface area contributed by atoms with Crippen molar-refractivity contribution in [1.29, 1.82) is 0 Å². The van der Waals surface area contributed by atoms with Gasteiger partial charge in [0.05, 0.1) is 6.10 Å². The Morgan fingerprint density at radius 3 is 2.38 bits per heavy atom. The molecule has 0 heterocycles. The van der Waals surface area contributed by atoms with Gasteiger partial charge in [-0.3, -0.25) is 4.79 Å². The molecule has 2 atom stereocenters. The van der Waals surface area contributed by atoms with Gasteiger partial charge in [-0.15, -0.1) is 0 Å². The molecule has 0 radical (unpaired) electrons. The molecule has 2 aromatic rings. The Balaban J connectivity index is 1.85. The summed E-state index contributed by atoms with van der Waals surface area (Å²) in [6, 6.07) is 16.8. The molecule has 5 nitrogen and oxygen atoms in total. The van der Waals surface area contributed by atoms with E-state index in [1.165, 1.54) is 6.92 Å². The fraction of sp³-hybridized carbons (Fsp3) is 0.316. The van der Waals surface area contributed by atoms with E-state index in [2.05, 4.69) is 5.32 Å². The van der Waals surface area contributed by atoms with E-state index in [0.717, 1.165) is 5.56 Å². The van der Waals surface area contributed by atoms with Gasteiger partial charge in [-0.2, -0.15) is 0 Å². The summed E-state index contributed by atoms with van der Waals surface area (Å²) in [6.45, 7) is 2.21. The van der Waals surface area contributed by atoms with E-state index < -0.39 is 12.2 Å². The van der Waals surface area contributed by atoms with Gasteiger partial charge in [-0.25, -0.2) is 0 Å². The molecule has 24 heavy (non-hydrogen) atoms. The van der Waals surface area contributed by atoms with E-state index >= 15 is 0 Å². The van der Waals surface area contributed by atoms with E-state index in [1.54, 1.807) is 24.3 Å². The first kappa shape index (κ1) is 18.0. The fourth-order valence-electron chi connectivity index (χ4n) is 2.28. The summed E-state index contributed by atoms with van der Waals surface area (Å²) in [5.41, 5.74) is 1.69. The lowest BCUT2D eigenvalue weighted by Crippen LogP contribution is -2.27. The number of hydrogen-bond acceptors (Lipinski definition) is 4. The van der Waals surface area contributed by atoms with E-state index in [9.17, 15) is 15.0 Å². The fourth-order valence-corrected chi connectivity index (χ4v) is 2.28.